The van der Waals surface area contributed by atoms with Crippen LogP contribution in [0.3, 0.4) is 0 Å². The lowest BCUT2D eigenvalue weighted by atomic mass is 10.1. The topological polar surface area (TPSA) is 40.6 Å². The van der Waals surface area contributed by atoms with Crippen LogP contribution in [0, 0.1) is 13.8 Å². The molecule has 2 rings (SSSR count). The highest BCUT2D eigenvalue weighted by Gasteiger charge is 2.21. The molecular formula is C23H30N2O2. The van der Waals surface area contributed by atoms with Gasteiger partial charge in [-0.1, -0.05) is 42.5 Å². The predicted octanol–water partition coefficient (Wildman–Crippen LogP) is 4.48. The van der Waals surface area contributed by atoms with Crippen molar-refractivity contribution in [3.8, 4) is 0 Å². The Morgan fingerprint density at radius 3 is 2.22 bits per heavy atom. The quantitative estimate of drug-likeness (QED) is 0.725. The minimum absolute atomic E-state index is 0.0457. The third-order valence-corrected chi connectivity index (χ3v) is 4.94. The van der Waals surface area contributed by atoms with Crippen LogP contribution in [0.5, 0.6) is 0 Å². The molecule has 0 unspecified atom stereocenters. The van der Waals surface area contributed by atoms with E-state index in [9.17, 15) is 9.59 Å². The fourth-order valence-corrected chi connectivity index (χ4v) is 3.17. The fourth-order valence-electron chi connectivity index (χ4n) is 3.17. The summed E-state index contributed by atoms with van der Waals surface area (Å²) >= 11 is 0. The summed E-state index contributed by atoms with van der Waals surface area (Å²) in [6.45, 7) is 10.6. The summed E-state index contributed by atoms with van der Waals surface area (Å²) in [6, 6.07) is 16.0. The van der Waals surface area contributed by atoms with Crippen molar-refractivity contribution in [1.82, 2.24) is 4.90 Å². The molecule has 4 heteroatoms. The Labute approximate surface area is 162 Å². The van der Waals surface area contributed by atoms with Crippen LogP contribution in [-0.4, -0.2) is 29.3 Å². The number of aryl methyl sites for hydroxylation is 1. The Morgan fingerprint density at radius 2 is 1.63 bits per heavy atom. The normalized spacial score (nSPS) is 10.7. The standard InChI is InChI=1S/C23H30N2O2/c1-17(2)25(16-21-11-7-6-8-12-21)23(27)14-15-24(20(5)26)22-13-9-10-18(3)19(22)4/h6-13,17H,14-16H2,1-5H3. The SMILES string of the molecule is CC(=O)N(CCC(=O)N(Cc1ccccc1)C(C)C)c1cccc(C)c1C. The molecule has 4 nitrogen and oxygen atoms in total. The molecule has 0 aliphatic rings. The average molecular weight is 367 g/mol. The molecule has 0 aliphatic carbocycles. The van der Waals surface area contributed by atoms with E-state index in [0.717, 1.165) is 22.4 Å². The molecule has 27 heavy (non-hydrogen) atoms. The number of benzene rings is 2. The monoisotopic (exact) mass is 366 g/mol. The first-order chi connectivity index (χ1) is 12.8. The summed E-state index contributed by atoms with van der Waals surface area (Å²) in [6.07, 6.45) is 0.304. The van der Waals surface area contributed by atoms with E-state index in [-0.39, 0.29) is 17.9 Å². The van der Waals surface area contributed by atoms with Crippen molar-refractivity contribution in [3.05, 3.63) is 65.2 Å². The smallest absolute Gasteiger partial charge is 0.224 e. The molecule has 0 radical (unpaired) electrons. The lowest BCUT2D eigenvalue weighted by molar-refractivity contribution is -0.133. The van der Waals surface area contributed by atoms with Gasteiger partial charge in [-0.05, 0) is 50.5 Å². The Hall–Kier alpha value is -2.62. The van der Waals surface area contributed by atoms with E-state index < -0.39 is 0 Å². The highest BCUT2D eigenvalue weighted by atomic mass is 16.2. The van der Waals surface area contributed by atoms with Crippen LogP contribution in [0.25, 0.3) is 0 Å². The predicted molar refractivity (Wildman–Crippen MR) is 111 cm³/mol. The van der Waals surface area contributed by atoms with Gasteiger partial charge in [-0.3, -0.25) is 9.59 Å². The van der Waals surface area contributed by atoms with Gasteiger partial charge in [-0.15, -0.1) is 0 Å². The maximum Gasteiger partial charge on any atom is 0.224 e. The summed E-state index contributed by atoms with van der Waals surface area (Å²) in [4.78, 5) is 28.7. The molecule has 2 aromatic carbocycles. The van der Waals surface area contributed by atoms with Crippen molar-refractivity contribution in [3.63, 3.8) is 0 Å². The molecule has 0 spiro atoms. The van der Waals surface area contributed by atoms with E-state index in [0.29, 0.717) is 19.5 Å². The minimum atomic E-state index is -0.0457. The van der Waals surface area contributed by atoms with Gasteiger partial charge >= 0.3 is 0 Å². The second-order valence-electron chi connectivity index (χ2n) is 7.24. The van der Waals surface area contributed by atoms with E-state index in [1.54, 1.807) is 11.8 Å². The molecule has 0 heterocycles. The minimum Gasteiger partial charge on any atom is -0.336 e. The third kappa shape index (κ3) is 5.43. The molecule has 2 amide bonds. The Bertz CT molecular complexity index is 784. The number of hydrogen-bond acceptors (Lipinski definition) is 2. The van der Waals surface area contributed by atoms with Crippen molar-refractivity contribution < 1.29 is 9.59 Å². The molecule has 0 bridgehead atoms. The van der Waals surface area contributed by atoms with Gasteiger partial charge in [0.1, 0.15) is 0 Å². The van der Waals surface area contributed by atoms with Gasteiger partial charge in [-0.2, -0.15) is 0 Å². The Kier molecular flexibility index (Phi) is 7.17. The number of carbonyl (C=O) groups excluding carboxylic acids is 2. The van der Waals surface area contributed by atoms with Crippen LogP contribution in [-0.2, 0) is 16.1 Å². The number of carbonyl (C=O) groups is 2. The molecule has 0 fully saturated rings. The van der Waals surface area contributed by atoms with Crippen LogP contribution in [0.4, 0.5) is 5.69 Å². The Balaban J connectivity index is 2.11. The van der Waals surface area contributed by atoms with Crippen molar-refractivity contribution in [2.45, 2.75) is 53.6 Å². The average Bonchev–Trinajstić information content (AvgIpc) is 2.63. The molecule has 0 saturated carbocycles. The zero-order valence-electron chi connectivity index (χ0n) is 17.0. The van der Waals surface area contributed by atoms with E-state index in [1.807, 2.05) is 81.1 Å². The van der Waals surface area contributed by atoms with E-state index in [1.165, 1.54) is 0 Å². The lowest BCUT2D eigenvalue weighted by Crippen LogP contribution is -2.39. The summed E-state index contributed by atoms with van der Waals surface area (Å²) in [5.41, 5.74) is 4.20. The summed E-state index contributed by atoms with van der Waals surface area (Å²) < 4.78 is 0. The highest BCUT2D eigenvalue weighted by Crippen LogP contribution is 2.23. The van der Waals surface area contributed by atoms with Gasteiger partial charge < -0.3 is 9.80 Å². The van der Waals surface area contributed by atoms with E-state index >= 15 is 0 Å². The first kappa shape index (κ1) is 20.7. The van der Waals surface area contributed by atoms with Crippen LogP contribution in [0.1, 0.15) is 43.9 Å². The molecule has 0 N–H and O–H groups in total. The van der Waals surface area contributed by atoms with Crippen LogP contribution in [0.15, 0.2) is 48.5 Å². The summed E-state index contributed by atoms with van der Waals surface area (Å²) in [7, 11) is 0. The zero-order chi connectivity index (χ0) is 20.0. The first-order valence-electron chi connectivity index (χ1n) is 9.49. The van der Waals surface area contributed by atoms with Gasteiger partial charge in [0.25, 0.3) is 0 Å². The second-order valence-corrected chi connectivity index (χ2v) is 7.24. The fraction of sp³-hybridized carbons (Fsp3) is 0.391. The van der Waals surface area contributed by atoms with Crippen molar-refractivity contribution in [1.29, 1.82) is 0 Å². The van der Waals surface area contributed by atoms with Crippen molar-refractivity contribution in [2.24, 2.45) is 0 Å². The number of amides is 2. The highest BCUT2D eigenvalue weighted by molar-refractivity contribution is 5.93. The Morgan fingerprint density at radius 1 is 0.963 bits per heavy atom. The molecule has 144 valence electrons. The van der Waals surface area contributed by atoms with Crippen molar-refractivity contribution >= 4 is 17.5 Å². The maximum atomic E-state index is 12.9. The van der Waals surface area contributed by atoms with Crippen LogP contribution >= 0.6 is 0 Å². The summed E-state index contributed by atoms with van der Waals surface area (Å²) in [5, 5.41) is 0. The number of hydrogen-bond donors (Lipinski definition) is 0. The molecular weight excluding hydrogens is 336 g/mol. The van der Waals surface area contributed by atoms with Crippen LogP contribution < -0.4 is 4.90 Å². The van der Waals surface area contributed by atoms with E-state index in [4.69, 9.17) is 0 Å². The van der Waals surface area contributed by atoms with Crippen molar-refractivity contribution in [2.75, 3.05) is 11.4 Å². The molecule has 2 aromatic rings. The van der Waals surface area contributed by atoms with Gasteiger partial charge in [0, 0.05) is 38.2 Å². The van der Waals surface area contributed by atoms with Gasteiger partial charge in [0.2, 0.25) is 11.8 Å². The number of anilines is 1. The van der Waals surface area contributed by atoms with Gasteiger partial charge in [0.05, 0.1) is 0 Å². The first-order valence-corrected chi connectivity index (χ1v) is 9.49. The third-order valence-electron chi connectivity index (χ3n) is 4.94. The van der Waals surface area contributed by atoms with Gasteiger partial charge in [-0.25, -0.2) is 0 Å². The largest absolute Gasteiger partial charge is 0.336 e. The van der Waals surface area contributed by atoms with Gasteiger partial charge in [0.15, 0.2) is 0 Å². The lowest BCUT2D eigenvalue weighted by Gasteiger charge is -2.29. The zero-order valence-corrected chi connectivity index (χ0v) is 17.0. The summed E-state index contributed by atoms with van der Waals surface area (Å²) in [5.74, 6) is 0.0149. The maximum absolute atomic E-state index is 12.9. The molecule has 0 aromatic heterocycles. The second kappa shape index (κ2) is 9.36. The molecule has 0 atom stereocenters. The van der Waals surface area contributed by atoms with E-state index in [2.05, 4.69) is 0 Å². The number of nitrogens with zero attached hydrogens (tertiary/aromatic N) is 2. The van der Waals surface area contributed by atoms with Crippen LogP contribution in [0.2, 0.25) is 0 Å². The number of rotatable bonds is 7. The molecule has 0 aliphatic heterocycles. The molecule has 0 saturated heterocycles.